The lowest BCUT2D eigenvalue weighted by Crippen LogP contribution is -2.28. The Morgan fingerprint density at radius 3 is 2.67 bits per heavy atom. The van der Waals surface area contributed by atoms with E-state index in [2.05, 4.69) is 5.32 Å². The summed E-state index contributed by atoms with van der Waals surface area (Å²) >= 11 is 0. The summed E-state index contributed by atoms with van der Waals surface area (Å²) in [6.45, 7) is 0.236. The van der Waals surface area contributed by atoms with Gasteiger partial charge in [-0.3, -0.25) is 9.59 Å². The summed E-state index contributed by atoms with van der Waals surface area (Å²) in [5.74, 6) is -1.00. The van der Waals surface area contributed by atoms with Crippen LogP contribution in [0, 0.1) is 11.7 Å². The number of carbonyl (C=O) groups excluding carboxylic acids is 2. The highest BCUT2D eigenvalue weighted by Crippen LogP contribution is 2.33. The fourth-order valence-electron chi connectivity index (χ4n) is 2.77. The van der Waals surface area contributed by atoms with Gasteiger partial charge in [0.05, 0.1) is 24.4 Å². The lowest BCUT2D eigenvalue weighted by molar-refractivity contribution is -0.122. The molecule has 0 saturated carbocycles. The molecule has 2 amide bonds. The predicted molar refractivity (Wildman–Crippen MR) is 88.5 cm³/mol. The molecule has 1 atom stereocenters. The first kappa shape index (κ1) is 16.0. The number of benzene rings is 2. The van der Waals surface area contributed by atoms with Gasteiger partial charge in [-0.2, -0.15) is 0 Å². The molecule has 2 aromatic carbocycles. The number of amides is 2. The molecule has 6 heteroatoms. The largest absolute Gasteiger partial charge is 0.495 e. The fourth-order valence-corrected chi connectivity index (χ4v) is 2.77. The average molecular weight is 328 g/mol. The third kappa shape index (κ3) is 3.08. The fraction of sp³-hybridized carbons (Fsp3) is 0.222. The van der Waals surface area contributed by atoms with Gasteiger partial charge >= 0.3 is 0 Å². The second-order valence-electron chi connectivity index (χ2n) is 5.55. The van der Waals surface area contributed by atoms with Gasteiger partial charge in [0, 0.05) is 13.0 Å². The van der Waals surface area contributed by atoms with Crippen LogP contribution in [-0.2, 0) is 9.59 Å². The Bertz CT molecular complexity index is 778. The van der Waals surface area contributed by atoms with E-state index >= 15 is 0 Å². The molecular formula is C18H17FN2O3. The van der Waals surface area contributed by atoms with Crippen LogP contribution in [0.2, 0.25) is 0 Å². The van der Waals surface area contributed by atoms with Crippen LogP contribution < -0.4 is 15.0 Å². The summed E-state index contributed by atoms with van der Waals surface area (Å²) in [4.78, 5) is 26.2. The molecule has 124 valence electrons. The van der Waals surface area contributed by atoms with Crippen molar-refractivity contribution in [3.63, 3.8) is 0 Å². The third-order valence-electron chi connectivity index (χ3n) is 4.00. The maximum absolute atomic E-state index is 13.6. The van der Waals surface area contributed by atoms with Crippen molar-refractivity contribution >= 4 is 23.2 Å². The number of nitrogens with zero attached hydrogens (tertiary/aromatic N) is 1. The Morgan fingerprint density at radius 1 is 1.21 bits per heavy atom. The van der Waals surface area contributed by atoms with E-state index in [0.29, 0.717) is 11.4 Å². The van der Waals surface area contributed by atoms with Gasteiger partial charge in [-0.15, -0.1) is 0 Å². The highest BCUT2D eigenvalue weighted by molar-refractivity contribution is 6.04. The molecule has 0 radical (unpaired) electrons. The third-order valence-corrected chi connectivity index (χ3v) is 4.00. The number of nitrogens with one attached hydrogen (secondary N) is 1. The van der Waals surface area contributed by atoms with Gasteiger partial charge in [0.15, 0.2) is 0 Å². The van der Waals surface area contributed by atoms with Crippen LogP contribution in [0.3, 0.4) is 0 Å². The first-order valence-electron chi connectivity index (χ1n) is 7.59. The Kier molecular flexibility index (Phi) is 4.46. The minimum absolute atomic E-state index is 0.0817. The average Bonchev–Trinajstić information content (AvgIpc) is 2.98. The molecule has 0 spiro atoms. The second-order valence-corrected chi connectivity index (χ2v) is 5.55. The Labute approximate surface area is 139 Å². The Morgan fingerprint density at radius 2 is 1.92 bits per heavy atom. The zero-order chi connectivity index (χ0) is 17.1. The second kappa shape index (κ2) is 6.70. The van der Waals surface area contributed by atoms with Crippen molar-refractivity contribution in [2.45, 2.75) is 6.42 Å². The van der Waals surface area contributed by atoms with Crippen LogP contribution in [0.1, 0.15) is 6.42 Å². The maximum atomic E-state index is 13.6. The van der Waals surface area contributed by atoms with E-state index in [-0.39, 0.29) is 30.5 Å². The van der Waals surface area contributed by atoms with E-state index in [9.17, 15) is 14.0 Å². The number of halogens is 1. The molecule has 24 heavy (non-hydrogen) atoms. The number of carbonyl (C=O) groups is 2. The summed E-state index contributed by atoms with van der Waals surface area (Å²) in [5.41, 5.74) is 0.747. The number of hydrogen-bond acceptors (Lipinski definition) is 3. The first-order chi connectivity index (χ1) is 11.6. The summed E-state index contributed by atoms with van der Waals surface area (Å²) in [6.07, 6.45) is 0.0817. The van der Waals surface area contributed by atoms with E-state index in [0.717, 1.165) is 0 Å². The predicted octanol–water partition coefficient (Wildman–Crippen LogP) is 2.83. The number of para-hydroxylation sites is 3. The van der Waals surface area contributed by atoms with Crippen LogP contribution in [0.5, 0.6) is 5.75 Å². The van der Waals surface area contributed by atoms with Crippen molar-refractivity contribution in [2.24, 2.45) is 5.92 Å². The zero-order valence-corrected chi connectivity index (χ0v) is 13.2. The lowest BCUT2D eigenvalue weighted by Gasteiger charge is -2.19. The molecule has 1 fully saturated rings. The van der Waals surface area contributed by atoms with E-state index in [1.54, 1.807) is 30.3 Å². The lowest BCUT2D eigenvalue weighted by atomic mass is 10.1. The van der Waals surface area contributed by atoms with Crippen molar-refractivity contribution in [3.8, 4) is 5.75 Å². The molecule has 1 saturated heterocycles. The highest BCUT2D eigenvalue weighted by atomic mass is 19.1. The highest BCUT2D eigenvalue weighted by Gasteiger charge is 2.36. The van der Waals surface area contributed by atoms with Gasteiger partial charge in [0.25, 0.3) is 0 Å². The Hall–Kier alpha value is -2.89. The minimum Gasteiger partial charge on any atom is -0.495 e. The molecule has 0 aromatic heterocycles. The van der Waals surface area contributed by atoms with Gasteiger partial charge in [0.2, 0.25) is 11.8 Å². The van der Waals surface area contributed by atoms with Crippen LogP contribution in [0.25, 0.3) is 0 Å². The quantitative estimate of drug-likeness (QED) is 0.939. The van der Waals surface area contributed by atoms with Gasteiger partial charge < -0.3 is 15.0 Å². The molecular weight excluding hydrogens is 311 g/mol. The number of methoxy groups -OCH3 is 1. The summed E-state index contributed by atoms with van der Waals surface area (Å²) in [7, 11) is 1.53. The molecule has 0 unspecified atom stereocenters. The van der Waals surface area contributed by atoms with Crippen molar-refractivity contribution in [3.05, 3.63) is 54.3 Å². The van der Waals surface area contributed by atoms with Crippen LogP contribution in [0.15, 0.2) is 48.5 Å². The number of ether oxygens (including phenoxy) is 1. The smallest absolute Gasteiger partial charge is 0.229 e. The van der Waals surface area contributed by atoms with E-state index in [1.807, 2.05) is 6.07 Å². The molecule has 3 rings (SSSR count). The Balaban J connectivity index is 1.75. The van der Waals surface area contributed by atoms with Crippen molar-refractivity contribution < 1.29 is 18.7 Å². The number of hydrogen-bond donors (Lipinski definition) is 1. The molecule has 0 aliphatic carbocycles. The van der Waals surface area contributed by atoms with Crippen LogP contribution >= 0.6 is 0 Å². The topological polar surface area (TPSA) is 58.6 Å². The van der Waals surface area contributed by atoms with Gasteiger partial charge in [0.1, 0.15) is 11.6 Å². The van der Waals surface area contributed by atoms with Crippen molar-refractivity contribution in [1.29, 1.82) is 0 Å². The monoisotopic (exact) mass is 328 g/mol. The molecule has 1 N–H and O–H groups in total. The number of rotatable bonds is 4. The summed E-state index contributed by atoms with van der Waals surface area (Å²) in [6, 6.07) is 13.1. The van der Waals surface area contributed by atoms with Crippen LogP contribution in [-0.4, -0.2) is 25.5 Å². The van der Waals surface area contributed by atoms with Crippen molar-refractivity contribution in [1.82, 2.24) is 0 Å². The molecule has 2 aromatic rings. The van der Waals surface area contributed by atoms with E-state index in [4.69, 9.17) is 4.74 Å². The SMILES string of the molecule is COc1ccccc1N1C[C@@H](C(=O)Nc2ccccc2F)CC1=O. The van der Waals surface area contributed by atoms with Gasteiger partial charge in [-0.1, -0.05) is 24.3 Å². The molecule has 1 heterocycles. The summed E-state index contributed by atoms with van der Waals surface area (Å²) in [5, 5.41) is 2.55. The van der Waals surface area contributed by atoms with E-state index in [1.165, 1.54) is 24.1 Å². The van der Waals surface area contributed by atoms with Crippen molar-refractivity contribution in [2.75, 3.05) is 23.9 Å². The standard InChI is InChI=1S/C18H17FN2O3/c1-24-16-9-5-4-8-15(16)21-11-12(10-17(21)22)18(23)20-14-7-3-2-6-13(14)19/h2-9,12H,10-11H2,1H3,(H,20,23)/t12-/m0/s1. The normalized spacial score (nSPS) is 17.0. The van der Waals surface area contributed by atoms with E-state index < -0.39 is 11.7 Å². The van der Waals surface area contributed by atoms with Gasteiger partial charge in [-0.05, 0) is 24.3 Å². The van der Waals surface area contributed by atoms with Gasteiger partial charge in [-0.25, -0.2) is 4.39 Å². The summed E-state index contributed by atoms with van der Waals surface area (Å²) < 4.78 is 18.9. The zero-order valence-electron chi connectivity index (χ0n) is 13.2. The molecule has 0 bridgehead atoms. The molecule has 5 nitrogen and oxygen atoms in total. The maximum Gasteiger partial charge on any atom is 0.229 e. The first-order valence-corrected chi connectivity index (χ1v) is 7.59. The number of anilines is 2. The molecule has 1 aliphatic rings. The minimum atomic E-state index is -0.540. The molecule has 1 aliphatic heterocycles. The van der Waals surface area contributed by atoms with Crippen LogP contribution in [0.4, 0.5) is 15.8 Å².